The number of aryl methyl sites for hydroxylation is 2. The number of aromatic nitrogens is 8. The van der Waals surface area contributed by atoms with Gasteiger partial charge in [-0.2, -0.15) is 28.7 Å². The average molecular weight is 819 g/mol. The summed E-state index contributed by atoms with van der Waals surface area (Å²) in [6, 6.07) is 19.6. The minimum atomic E-state index is -4.83. The number of nitrogen functional groups attached to an aromatic ring is 2. The Bertz CT molecular complexity index is 2830. The van der Waals surface area contributed by atoms with Crippen LogP contribution >= 0.6 is 0 Å². The van der Waals surface area contributed by atoms with Crippen molar-refractivity contribution < 1.29 is 40.2 Å². The third kappa shape index (κ3) is 8.52. The second-order valence-electron chi connectivity index (χ2n) is 12.4. The Morgan fingerprint density at radius 3 is 1.36 bits per heavy atom. The van der Waals surface area contributed by atoms with Crippen molar-refractivity contribution in [2.75, 3.05) is 29.2 Å². The largest absolute Gasteiger partial charge is 0.573 e. The molecule has 0 fully saturated rings. The third-order valence-electron chi connectivity index (χ3n) is 8.40. The molecule has 0 radical (unpaired) electrons. The number of nitrogens with two attached hydrogens (primary N) is 2. The minimum Gasteiger partial charge on any atom is -0.497 e. The molecule has 0 atom stereocenters. The molecule has 0 saturated heterocycles. The van der Waals surface area contributed by atoms with Crippen LogP contribution in [0.25, 0.3) is 34.0 Å². The van der Waals surface area contributed by atoms with Gasteiger partial charge in [0.2, 0.25) is 23.5 Å². The molecule has 0 spiro atoms. The van der Waals surface area contributed by atoms with E-state index in [1.54, 1.807) is 55.9 Å². The van der Waals surface area contributed by atoms with Crippen molar-refractivity contribution in [1.29, 1.82) is 0 Å². The molecule has 0 amide bonds. The van der Waals surface area contributed by atoms with Crippen LogP contribution in [0.15, 0.2) is 84.9 Å². The quantitative estimate of drug-likeness (QED) is 0.108. The summed E-state index contributed by atoms with van der Waals surface area (Å²) in [6.45, 7) is 3.35. The standard InChI is InChI=1S/C19H13F5N6O.C19H16F2N6O/c1-9-26-13-8-10(20)2-7-14(13)30(9)18-28-16(25)15(21)17(29-18)27-11-3-5-12(6-4-11)31-19(22,23)24;1-10-23-14-9-11(20)3-8-15(14)27(10)19-25-17(22)16(21)18(26-19)24-12-4-6-13(28-2)7-5-12/h2-8H,1H3,(H3,25,27,28,29);3-9H,1-2H3,(H3,22,24,25,26). The van der Waals surface area contributed by atoms with Gasteiger partial charge >= 0.3 is 6.36 Å². The predicted octanol–water partition coefficient (Wildman–Crippen LogP) is 8.36. The number of benzene rings is 4. The molecule has 0 bridgehead atoms. The van der Waals surface area contributed by atoms with E-state index in [1.165, 1.54) is 47.0 Å². The summed E-state index contributed by atoms with van der Waals surface area (Å²) in [5, 5.41) is 5.53. The molecule has 0 aliphatic rings. The van der Waals surface area contributed by atoms with Crippen LogP contribution in [0, 0.1) is 37.1 Å². The lowest BCUT2D eigenvalue weighted by molar-refractivity contribution is -0.274. The van der Waals surface area contributed by atoms with Gasteiger partial charge in [0.25, 0.3) is 0 Å². The summed E-state index contributed by atoms with van der Waals surface area (Å²) in [5.41, 5.74) is 14.1. The normalized spacial score (nSPS) is 11.4. The Morgan fingerprint density at radius 1 is 0.559 bits per heavy atom. The first kappa shape index (κ1) is 39.5. The van der Waals surface area contributed by atoms with E-state index in [-0.39, 0.29) is 35.0 Å². The molecule has 4 heterocycles. The summed E-state index contributed by atoms with van der Waals surface area (Å²) in [4.78, 5) is 24.9. The van der Waals surface area contributed by atoms with E-state index < -0.39 is 41.2 Å². The zero-order valence-electron chi connectivity index (χ0n) is 30.8. The summed E-state index contributed by atoms with van der Waals surface area (Å²) < 4.78 is 105. The molecule has 0 aliphatic carbocycles. The van der Waals surface area contributed by atoms with Gasteiger partial charge < -0.3 is 31.6 Å². The first-order chi connectivity index (χ1) is 28.1. The second-order valence-corrected chi connectivity index (χ2v) is 12.4. The zero-order valence-corrected chi connectivity index (χ0v) is 30.8. The van der Waals surface area contributed by atoms with Gasteiger partial charge in [-0.3, -0.25) is 9.13 Å². The first-order valence-electron chi connectivity index (χ1n) is 17.1. The molecule has 0 saturated carbocycles. The zero-order chi connectivity index (χ0) is 42.2. The van der Waals surface area contributed by atoms with E-state index in [0.29, 0.717) is 45.2 Å². The number of imidazole rings is 2. The Labute approximate surface area is 328 Å². The Morgan fingerprint density at radius 2 is 0.966 bits per heavy atom. The number of nitrogens with zero attached hydrogens (tertiary/aromatic N) is 8. The SMILES string of the molecule is COc1ccc(Nc2nc(-n3c(C)nc4cc(F)ccc43)nc(N)c2F)cc1.Cc1nc2cc(F)ccc2n1-c1nc(N)c(F)c(Nc2ccc(OC(F)(F)F)cc2)n1. The van der Waals surface area contributed by atoms with Crippen LogP contribution in [0.1, 0.15) is 11.6 Å². The topological polar surface area (TPSA) is 182 Å². The summed E-state index contributed by atoms with van der Waals surface area (Å²) >= 11 is 0. The van der Waals surface area contributed by atoms with Gasteiger partial charge in [0.15, 0.2) is 23.3 Å². The van der Waals surface area contributed by atoms with Crippen LogP contribution < -0.4 is 31.6 Å². The fourth-order valence-corrected chi connectivity index (χ4v) is 5.81. The van der Waals surface area contributed by atoms with Gasteiger partial charge in [0.05, 0.1) is 29.2 Å². The van der Waals surface area contributed by atoms with Crippen molar-refractivity contribution in [3.8, 4) is 23.4 Å². The Hall–Kier alpha value is -7.71. The first-order valence-corrected chi connectivity index (χ1v) is 17.1. The van der Waals surface area contributed by atoms with Gasteiger partial charge in [-0.15, -0.1) is 13.2 Å². The molecule has 0 aliphatic heterocycles. The highest BCUT2D eigenvalue weighted by Gasteiger charge is 2.31. The van der Waals surface area contributed by atoms with Gasteiger partial charge in [-0.1, -0.05) is 0 Å². The maximum absolute atomic E-state index is 14.5. The van der Waals surface area contributed by atoms with Crippen LogP contribution in [-0.2, 0) is 0 Å². The van der Waals surface area contributed by atoms with E-state index in [1.807, 2.05) is 0 Å². The molecule has 8 aromatic rings. The van der Waals surface area contributed by atoms with Gasteiger partial charge in [-0.25, -0.2) is 18.7 Å². The van der Waals surface area contributed by atoms with Crippen molar-refractivity contribution >= 4 is 56.7 Å². The number of halogens is 7. The average Bonchev–Trinajstić information content (AvgIpc) is 3.69. The number of hydrogen-bond donors (Lipinski definition) is 4. The van der Waals surface area contributed by atoms with E-state index >= 15 is 0 Å². The van der Waals surface area contributed by atoms with Crippen LogP contribution in [0.4, 0.5) is 65.4 Å². The van der Waals surface area contributed by atoms with Gasteiger partial charge in [-0.05, 0) is 86.6 Å². The molecule has 6 N–H and O–H groups in total. The van der Waals surface area contributed by atoms with E-state index in [9.17, 15) is 30.7 Å². The van der Waals surface area contributed by atoms with E-state index in [0.717, 1.165) is 12.1 Å². The number of alkyl halides is 3. The minimum absolute atomic E-state index is 0.0231. The molecule has 302 valence electrons. The molecular formula is C38H29F7N12O2. The molecule has 21 heteroatoms. The van der Waals surface area contributed by atoms with Crippen molar-refractivity contribution in [1.82, 2.24) is 39.0 Å². The number of hydrogen-bond acceptors (Lipinski definition) is 12. The molecule has 4 aromatic carbocycles. The highest BCUT2D eigenvalue weighted by Crippen LogP contribution is 2.30. The lowest BCUT2D eigenvalue weighted by Gasteiger charge is -2.13. The van der Waals surface area contributed by atoms with Crippen molar-refractivity contribution in [2.24, 2.45) is 0 Å². The number of fused-ring (bicyclic) bond motifs is 2. The number of ether oxygens (including phenoxy) is 2. The van der Waals surface area contributed by atoms with E-state index in [2.05, 4.69) is 45.3 Å². The maximum atomic E-state index is 14.5. The third-order valence-corrected chi connectivity index (χ3v) is 8.40. The summed E-state index contributed by atoms with van der Waals surface area (Å²) in [7, 11) is 1.56. The van der Waals surface area contributed by atoms with Crippen molar-refractivity contribution in [3.05, 3.63) is 120 Å². The predicted molar refractivity (Wildman–Crippen MR) is 204 cm³/mol. The lowest BCUT2D eigenvalue weighted by Crippen LogP contribution is -2.17. The second kappa shape index (κ2) is 15.7. The Kier molecular flexibility index (Phi) is 10.5. The number of nitrogens with one attached hydrogen (secondary N) is 2. The van der Waals surface area contributed by atoms with Crippen LogP contribution in [0.2, 0.25) is 0 Å². The van der Waals surface area contributed by atoms with Gasteiger partial charge in [0, 0.05) is 23.5 Å². The molecule has 0 unspecified atom stereocenters. The highest BCUT2D eigenvalue weighted by atomic mass is 19.4. The number of anilines is 6. The molecular weight excluding hydrogens is 789 g/mol. The summed E-state index contributed by atoms with van der Waals surface area (Å²) in [5.74, 6) is -2.52. The van der Waals surface area contributed by atoms with Crippen LogP contribution in [-0.4, -0.2) is 52.5 Å². The lowest BCUT2D eigenvalue weighted by atomic mass is 10.3. The van der Waals surface area contributed by atoms with Crippen LogP contribution in [0.5, 0.6) is 11.5 Å². The summed E-state index contributed by atoms with van der Waals surface area (Å²) in [6.07, 6.45) is -4.83. The molecule has 59 heavy (non-hydrogen) atoms. The number of rotatable bonds is 8. The molecule has 14 nitrogen and oxygen atoms in total. The fourth-order valence-electron chi connectivity index (χ4n) is 5.81. The molecule has 8 rings (SSSR count). The van der Waals surface area contributed by atoms with Crippen LogP contribution in [0.3, 0.4) is 0 Å². The number of methoxy groups -OCH3 is 1. The monoisotopic (exact) mass is 818 g/mol. The Balaban J connectivity index is 0.000000180. The molecule has 4 aromatic heterocycles. The fraction of sp³-hybridized carbons (Fsp3) is 0.105. The van der Waals surface area contributed by atoms with Gasteiger partial charge in [0.1, 0.15) is 34.8 Å². The smallest absolute Gasteiger partial charge is 0.497 e. The maximum Gasteiger partial charge on any atom is 0.573 e. The highest BCUT2D eigenvalue weighted by molar-refractivity contribution is 5.79. The van der Waals surface area contributed by atoms with Crippen molar-refractivity contribution in [2.45, 2.75) is 20.2 Å². The van der Waals surface area contributed by atoms with E-state index in [4.69, 9.17) is 16.2 Å². The van der Waals surface area contributed by atoms with Crippen molar-refractivity contribution in [3.63, 3.8) is 0 Å².